The fourth-order valence-electron chi connectivity index (χ4n) is 1.86. The van der Waals surface area contributed by atoms with Crippen molar-refractivity contribution in [1.29, 1.82) is 0 Å². The van der Waals surface area contributed by atoms with Crippen molar-refractivity contribution in [3.63, 3.8) is 0 Å². The van der Waals surface area contributed by atoms with E-state index >= 15 is 0 Å². The van der Waals surface area contributed by atoms with Crippen LogP contribution in [0, 0.1) is 5.82 Å². The molecular formula is C15H10ClFN4. The minimum absolute atomic E-state index is 0.355. The van der Waals surface area contributed by atoms with Gasteiger partial charge in [0.05, 0.1) is 5.69 Å². The Bertz CT molecular complexity index is 765. The maximum absolute atomic E-state index is 13.9. The highest BCUT2D eigenvalue weighted by Crippen LogP contribution is 2.26. The first-order valence-electron chi connectivity index (χ1n) is 6.17. The molecule has 0 fully saturated rings. The number of nitrogens with one attached hydrogen (secondary N) is 1. The van der Waals surface area contributed by atoms with Gasteiger partial charge >= 0.3 is 0 Å². The summed E-state index contributed by atoms with van der Waals surface area (Å²) in [6.07, 6.45) is 4.67. The molecule has 0 saturated heterocycles. The van der Waals surface area contributed by atoms with Crippen LogP contribution in [0.25, 0.3) is 11.3 Å². The summed E-state index contributed by atoms with van der Waals surface area (Å²) in [5, 5.41) is 3.56. The maximum Gasteiger partial charge on any atom is 0.133 e. The molecule has 0 radical (unpaired) electrons. The molecule has 0 aliphatic rings. The van der Waals surface area contributed by atoms with Gasteiger partial charge in [0.15, 0.2) is 0 Å². The third kappa shape index (κ3) is 3.14. The molecule has 0 amide bonds. The molecular weight excluding hydrogens is 291 g/mol. The third-order valence-electron chi connectivity index (χ3n) is 2.82. The summed E-state index contributed by atoms with van der Waals surface area (Å²) in [6, 6.07) is 9.62. The van der Waals surface area contributed by atoms with Crippen LogP contribution in [0.5, 0.6) is 0 Å². The molecule has 0 aliphatic carbocycles. The molecule has 104 valence electrons. The Hall–Kier alpha value is -2.53. The third-order valence-corrected chi connectivity index (χ3v) is 3.05. The Kier molecular flexibility index (Phi) is 3.75. The molecule has 2 heterocycles. The Morgan fingerprint density at radius 2 is 1.90 bits per heavy atom. The molecule has 0 unspecified atom stereocenters. The van der Waals surface area contributed by atoms with Crippen LogP contribution in [-0.4, -0.2) is 15.0 Å². The van der Waals surface area contributed by atoms with E-state index in [9.17, 15) is 4.39 Å². The zero-order valence-corrected chi connectivity index (χ0v) is 11.5. The zero-order valence-electron chi connectivity index (χ0n) is 10.8. The van der Waals surface area contributed by atoms with Crippen molar-refractivity contribution in [2.75, 3.05) is 5.32 Å². The number of rotatable bonds is 3. The first-order valence-corrected chi connectivity index (χ1v) is 6.55. The van der Waals surface area contributed by atoms with Gasteiger partial charge in [-0.1, -0.05) is 11.6 Å². The summed E-state index contributed by atoms with van der Waals surface area (Å²) < 4.78 is 13.9. The van der Waals surface area contributed by atoms with Crippen LogP contribution >= 0.6 is 11.6 Å². The van der Waals surface area contributed by atoms with Gasteiger partial charge in [0.25, 0.3) is 0 Å². The van der Waals surface area contributed by atoms with Gasteiger partial charge in [-0.15, -0.1) is 0 Å². The van der Waals surface area contributed by atoms with E-state index < -0.39 is 0 Å². The van der Waals surface area contributed by atoms with Gasteiger partial charge in [0.2, 0.25) is 0 Å². The highest BCUT2D eigenvalue weighted by Gasteiger charge is 2.08. The number of aromatic nitrogens is 3. The van der Waals surface area contributed by atoms with E-state index in [1.54, 1.807) is 36.7 Å². The molecule has 3 rings (SSSR count). The van der Waals surface area contributed by atoms with Crippen LogP contribution in [0.3, 0.4) is 0 Å². The molecule has 1 aromatic carbocycles. The fraction of sp³-hybridized carbons (Fsp3) is 0. The number of halogens is 2. The molecule has 6 heteroatoms. The van der Waals surface area contributed by atoms with Gasteiger partial charge < -0.3 is 5.32 Å². The smallest absolute Gasteiger partial charge is 0.133 e. The van der Waals surface area contributed by atoms with Crippen molar-refractivity contribution in [1.82, 2.24) is 15.0 Å². The normalized spacial score (nSPS) is 10.4. The van der Waals surface area contributed by atoms with E-state index in [0.29, 0.717) is 22.1 Å². The monoisotopic (exact) mass is 300 g/mol. The Morgan fingerprint density at radius 3 is 2.71 bits per heavy atom. The average Bonchev–Trinajstić information content (AvgIpc) is 2.51. The van der Waals surface area contributed by atoms with Gasteiger partial charge in [0.1, 0.15) is 18.0 Å². The Morgan fingerprint density at radius 1 is 1.00 bits per heavy atom. The van der Waals surface area contributed by atoms with Crippen molar-refractivity contribution < 1.29 is 4.39 Å². The van der Waals surface area contributed by atoms with Crippen molar-refractivity contribution in [3.05, 3.63) is 66.0 Å². The van der Waals surface area contributed by atoms with Crippen LogP contribution in [0.2, 0.25) is 5.02 Å². The second kappa shape index (κ2) is 5.85. The van der Waals surface area contributed by atoms with Crippen LogP contribution < -0.4 is 5.32 Å². The summed E-state index contributed by atoms with van der Waals surface area (Å²) in [7, 11) is 0. The van der Waals surface area contributed by atoms with Gasteiger partial charge in [0, 0.05) is 28.7 Å². The molecule has 2 aromatic heterocycles. The Labute approximate surface area is 125 Å². The van der Waals surface area contributed by atoms with Crippen LogP contribution in [0.15, 0.2) is 55.1 Å². The molecule has 0 spiro atoms. The van der Waals surface area contributed by atoms with E-state index in [0.717, 1.165) is 5.69 Å². The van der Waals surface area contributed by atoms with E-state index in [2.05, 4.69) is 20.3 Å². The van der Waals surface area contributed by atoms with Gasteiger partial charge in [-0.05, 0) is 36.4 Å². The number of hydrogen-bond acceptors (Lipinski definition) is 4. The van der Waals surface area contributed by atoms with E-state index in [1.807, 2.05) is 0 Å². The highest BCUT2D eigenvalue weighted by atomic mass is 35.5. The topological polar surface area (TPSA) is 50.7 Å². The number of benzene rings is 1. The van der Waals surface area contributed by atoms with E-state index in [-0.39, 0.29) is 5.82 Å². The van der Waals surface area contributed by atoms with Crippen LogP contribution in [0.1, 0.15) is 0 Å². The first-order chi connectivity index (χ1) is 10.2. The fourth-order valence-corrected chi connectivity index (χ4v) is 2.03. The van der Waals surface area contributed by atoms with Gasteiger partial charge in [-0.3, -0.25) is 4.98 Å². The SMILES string of the molecule is Fc1ccc(Cl)cc1-c1cc(Nc2ccncn2)ccn1. The van der Waals surface area contributed by atoms with Crippen molar-refractivity contribution in [2.45, 2.75) is 0 Å². The lowest BCUT2D eigenvalue weighted by atomic mass is 10.1. The second-order valence-electron chi connectivity index (χ2n) is 4.27. The standard InChI is InChI=1S/C15H10ClFN4/c16-10-1-2-13(17)12(7-10)14-8-11(3-6-19-14)21-15-4-5-18-9-20-15/h1-9H,(H,18,19,20,21). The van der Waals surface area contributed by atoms with Gasteiger partial charge in [-0.25, -0.2) is 14.4 Å². The van der Waals surface area contributed by atoms with Crippen molar-refractivity contribution in [2.24, 2.45) is 0 Å². The molecule has 21 heavy (non-hydrogen) atoms. The minimum atomic E-state index is -0.369. The molecule has 0 bridgehead atoms. The number of hydrogen-bond donors (Lipinski definition) is 1. The largest absolute Gasteiger partial charge is 0.340 e. The minimum Gasteiger partial charge on any atom is -0.340 e. The predicted octanol–water partition coefficient (Wildman–Crippen LogP) is 4.07. The number of anilines is 2. The lowest BCUT2D eigenvalue weighted by Crippen LogP contribution is -1.95. The zero-order chi connectivity index (χ0) is 14.7. The lowest BCUT2D eigenvalue weighted by Gasteiger charge is -2.08. The molecule has 1 N–H and O–H groups in total. The highest BCUT2D eigenvalue weighted by molar-refractivity contribution is 6.30. The summed E-state index contributed by atoms with van der Waals surface area (Å²) in [4.78, 5) is 12.1. The molecule has 0 saturated carbocycles. The number of pyridine rings is 1. The average molecular weight is 301 g/mol. The Balaban J connectivity index is 1.95. The molecule has 4 nitrogen and oxygen atoms in total. The van der Waals surface area contributed by atoms with E-state index in [1.165, 1.54) is 18.5 Å². The van der Waals surface area contributed by atoms with Gasteiger partial charge in [-0.2, -0.15) is 0 Å². The maximum atomic E-state index is 13.9. The first kappa shape index (κ1) is 13.5. The van der Waals surface area contributed by atoms with E-state index in [4.69, 9.17) is 11.6 Å². The molecule has 0 aliphatic heterocycles. The quantitative estimate of drug-likeness (QED) is 0.792. The van der Waals surface area contributed by atoms with Crippen molar-refractivity contribution >= 4 is 23.1 Å². The lowest BCUT2D eigenvalue weighted by molar-refractivity contribution is 0.631. The molecule has 0 atom stereocenters. The van der Waals surface area contributed by atoms with Crippen molar-refractivity contribution in [3.8, 4) is 11.3 Å². The summed E-state index contributed by atoms with van der Waals surface area (Å²) >= 11 is 5.91. The summed E-state index contributed by atoms with van der Waals surface area (Å²) in [5.74, 6) is 0.278. The van der Waals surface area contributed by atoms with Crippen LogP contribution in [-0.2, 0) is 0 Å². The summed E-state index contributed by atoms with van der Waals surface area (Å²) in [5.41, 5.74) is 1.60. The summed E-state index contributed by atoms with van der Waals surface area (Å²) in [6.45, 7) is 0. The molecule has 3 aromatic rings. The predicted molar refractivity (Wildman–Crippen MR) is 80.0 cm³/mol. The van der Waals surface area contributed by atoms with Crippen LogP contribution in [0.4, 0.5) is 15.9 Å². The number of nitrogens with zero attached hydrogens (tertiary/aromatic N) is 3. The second-order valence-corrected chi connectivity index (χ2v) is 4.71.